The van der Waals surface area contributed by atoms with E-state index in [-0.39, 0.29) is 11.1 Å². The van der Waals surface area contributed by atoms with E-state index in [9.17, 15) is 23.1 Å². The molecule has 0 amide bonds. The first-order chi connectivity index (χ1) is 10.4. The highest BCUT2D eigenvalue weighted by atomic mass is 19.4. The quantitative estimate of drug-likeness (QED) is 0.879. The zero-order valence-corrected chi connectivity index (χ0v) is 11.3. The van der Waals surface area contributed by atoms with Gasteiger partial charge in [-0.25, -0.2) is 4.79 Å². The van der Waals surface area contributed by atoms with E-state index < -0.39 is 24.4 Å². The van der Waals surface area contributed by atoms with Crippen LogP contribution in [0.25, 0.3) is 0 Å². The minimum atomic E-state index is -4.91. The number of benzene rings is 2. The number of alkyl halides is 3. The van der Waals surface area contributed by atoms with Crippen LogP contribution in [0.1, 0.15) is 22.0 Å². The fourth-order valence-corrected chi connectivity index (χ4v) is 1.89. The second-order valence-electron chi connectivity index (χ2n) is 4.59. The molecule has 2 atom stereocenters. The molecule has 0 spiro atoms. The van der Waals surface area contributed by atoms with E-state index in [4.69, 9.17) is 4.74 Å². The molecule has 0 unspecified atom stereocenters. The van der Waals surface area contributed by atoms with Crippen molar-refractivity contribution in [2.45, 2.75) is 18.4 Å². The molecule has 0 heterocycles. The van der Waals surface area contributed by atoms with Gasteiger partial charge >= 0.3 is 12.1 Å². The highest BCUT2D eigenvalue weighted by Crippen LogP contribution is 2.33. The minimum absolute atomic E-state index is 0.0663. The second-order valence-corrected chi connectivity index (χ2v) is 4.59. The molecule has 0 bridgehead atoms. The Morgan fingerprint density at radius 3 is 1.95 bits per heavy atom. The van der Waals surface area contributed by atoms with Gasteiger partial charge in [0.05, 0.1) is 5.56 Å². The van der Waals surface area contributed by atoms with E-state index in [1.54, 1.807) is 24.3 Å². The summed E-state index contributed by atoms with van der Waals surface area (Å²) < 4.78 is 43.3. The molecule has 2 aromatic carbocycles. The Kier molecular flexibility index (Phi) is 4.82. The minimum Gasteiger partial charge on any atom is -0.451 e. The molecule has 0 saturated carbocycles. The molecular formula is C16H13F3O3. The van der Waals surface area contributed by atoms with Crippen LogP contribution in [0.4, 0.5) is 13.2 Å². The topological polar surface area (TPSA) is 46.5 Å². The molecule has 1 N–H and O–H groups in total. The van der Waals surface area contributed by atoms with E-state index in [1.165, 1.54) is 36.4 Å². The van der Waals surface area contributed by atoms with Crippen LogP contribution < -0.4 is 0 Å². The third kappa shape index (κ3) is 3.85. The first-order valence-corrected chi connectivity index (χ1v) is 6.45. The number of halogens is 3. The molecular weight excluding hydrogens is 297 g/mol. The number of ether oxygens (including phenoxy) is 1. The number of carbonyl (C=O) groups excluding carboxylic acids is 1. The second kappa shape index (κ2) is 6.62. The lowest BCUT2D eigenvalue weighted by atomic mass is 10.0. The zero-order chi connectivity index (χ0) is 16.2. The molecule has 0 radical (unpaired) electrons. The van der Waals surface area contributed by atoms with E-state index in [1.807, 2.05) is 0 Å². The van der Waals surface area contributed by atoms with Crippen LogP contribution in [-0.4, -0.2) is 23.4 Å². The number of aliphatic hydroxyl groups excluding tert-OH is 1. The fraction of sp³-hybridized carbons (Fsp3) is 0.188. The van der Waals surface area contributed by atoms with Crippen molar-refractivity contribution in [1.82, 2.24) is 0 Å². The van der Waals surface area contributed by atoms with E-state index >= 15 is 0 Å². The van der Waals surface area contributed by atoms with Crippen molar-refractivity contribution in [1.29, 1.82) is 0 Å². The van der Waals surface area contributed by atoms with Gasteiger partial charge in [-0.15, -0.1) is 0 Å². The Morgan fingerprint density at radius 2 is 1.45 bits per heavy atom. The van der Waals surface area contributed by atoms with Crippen LogP contribution in [0.3, 0.4) is 0 Å². The number of carbonyl (C=O) groups is 1. The molecule has 2 rings (SSSR count). The summed E-state index contributed by atoms with van der Waals surface area (Å²) in [5.74, 6) is -0.933. The lowest BCUT2D eigenvalue weighted by Gasteiger charge is -2.25. The average molecular weight is 310 g/mol. The number of hydrogen-bond acceptors (Lipinski definition) is 3. The first kappa shape index (κ1) is 16.0. The highest BCUT2D eigenvalue weighted by Gasteiger charge is 2.46. The normalized spacial score (nSPS) is 14.2. The van der Waals surface area contributed by atoms with Crippen LogP contribution >= 0.6 is 0 Å². The maximum absolute atomic E-state index is 12.8. The van der Waals surface area contributed by atoms with Gasteiger partial charge in [0.1, 0.15) is 0 Å². The first-order valence-electron chi connectivity index (χ1n) is 6.45. The van der Waals surface area contributed by atoms with Gasteiger partial charge in [0.15, 0.2) is 12.2 Å². The number of rotatable bonds is 4. The lowest BCUT2D eigenvalue weighted by molar-refractivity contribution is -0.231. The third-order valence-corrected chi connectivity index (χ3v) is 2.99. The van der Waals surface area contributed by atoms with Crippen molar-refractivity contribution in [3.8, 4) is 0 Å². The Labute approximate surface area is 125 Å². The monoisotopic (exact) mass is 310 g/mol. The predicted molar refractivity (Wildman–Crippen MR) is 73.1 cm³/mol. The van der Waals surface area contributed by atoms with Crippen molar-refractivity contribution in [3.05, 3.63) is 71.8 Å². The van der Waals surface area contributed by atoms with Gasteiger partial charge in [-0.2, -0.15) is 13.2 Å². The summed E-state index contributed by atoms with van der Waals surface area (Å²) in [4.78, 5) is 12.0. The Morgan fingerprint density at radius 1 is 0.955 bits per heavy atom. The summed E-state index contributed by atoms with van der Waals surface area (Å²) >= 11 is 0. The number of esters is 1. The van der Waals surface area contributed by atoms with Gasteiger partial charge in [0.2, 0.25) is 0 Å². The summed E-state index contributed by atoms with van der Waals surface area (Å²) in [6, 6.07) is 15.0. The highest BCUT2D eigenvalue weighted by molar-refractivity contribution is 5.89. The standard InChI is InChI=1S/C16H13F3O3/c17-16(18,19)14(20)13(11-7-3-1-4-8-11)22-15(21)12-9-5-2-6-10-12/h1-10,13-14,20H/t13-,14+/m0/s1. The van der Waals surface area contributed by atoms with Crippen LogP contribution in [0.5, 0.6) is 0 Å². The smallest absolute Gasteiger partial charge is 0.418 e. The molecule has 0 aliphatic rings. The van der Waals surface area contributed by atoms with Crippen molar-refractivity contribution < 1.29 is 27.8 Å². The summed E-state index contributed by atoms with van der Waals surface area (Å²) in [6.45, 7) is 0. The van der Waals surface area contributed by atoms with E-state index in [0.29, 0.717) is 0 Å². The summed E-state index contributed by atoms with van der Waals surface area (Å²) in [7, 11) is 0. The van der Waals surface area contributed by atoms with E-state index in [2.05, 4.69) is 0 Å². The predicted octanol–water partition coefficient (Wildman–Crippen LogP) is 3.51. The maximum atomic E-state index is 12.8. The largest absolute Gasteiger partial charge is 0.451 e. The summed E-state index contributed by atoms with van der Waals surface area (Å²) in [6.07, 6.45) is -9.53. The van der Waals surface area contributed by atoms with Gasteiger partial charge in [-0.05, 0) is 17.7 Å². The third-order valence-electron chi connectivity index (χ3n) is 2.99. The van der Waals surface area contributed by atoms with Gasteiger partial charge < -0.3 is 9.84 Å². The number of hydrogen-bond donors (Lipinski definition) is 1. The van der Waals surface area contributed by atoms with E-state index in [0.717, 1.165) is 0 Å². The Balaban J connectivity index is 2.28. The van der Waals surface area contributed by atoms with Gasteiger partial charge in [-0.3, -0.25) is 0 Å². The molecule has 6 heteroatoms. The van der Waals surface area contributed by atoms with Gasteiger partial charge in [0.25, 0.3) is 0 Å². The molecule has 22 heavy (non-hydrogen) atoms. The molecule has 3 nitrogen and oxygen atoms in total. The average Bonchev–Trinajstić information content (AvgIpc) is 2.52. The van der Waals surface area contributed by atoms with Crippen LogP contribution in [0.15, 0.2) is 60.7 Å². The maximum Gasteiger partial charge on any atom is 0.418 e. The van der Waals surface area contributed by atoms with Crippen LogP contribution in [-0.2, 0) is 4.74 Å². The lowest BCUT2D eigenvalue weighted by Crippen LogP contribution is -2.37. The van der Waals surface area contributed by atoms with Crippen molar-refractivity contribution in [3.63, 3.8) is 0 Å². The Bertz CT molecular complexity index is 612. The Hall–Kier alpha value is -2.34. The molecule has 0 fully saturated rings. The molecule has 0 aromatic heterocycles. The summed E-state index contributed by atoms with van der Waals surface area (Å²) in [5, 5.41) is 9.49. The summed E-state index contributed by atoms with van der Waals surface area (Å²) in [5.41, 5.74) is 0.175. The van der Waals surface area contributed by atoms with Crippen LogP contribution in [0, 0.1) is 0 Å². The fourth-order valence-electron chi connectivity index (χ4n) is 1.89. The molecule has 2 aromatic rings. The molecule has 116 valence electrons. The van der Waals surface area contributed by atoms with Gasteiger partial charge in [-0.1, -0.05) is 48.5 Å². The van der Waals surface area contributed by atoms with Crippen molar-refractivity contribution in [2.75, 3.05) is 0 Å². The van der Waals surface area contributed by atoms with Crippen LogP contribution in [0.2, 0.25) is 0 Å². The van der Waals surface area contributed by atoms with Crippen molar-refractivity contribution >= 4 is 5.97 Å². The molecule has 0 saturated heterocycles. The molecule has 0 aliphatic heterocycles. The SMILES string of the molecule is O=C(O[C@@H](c1ccccc1)[C@@H](O)C(F)(F)F)c1ccccc1. The number of aliphatic hydroxyl groups is 1. The van der Waals surface area contributed by atoms with Crippen molar-refractivity contribution in [2.24, 2.45) is 0 Å². The zero-order valence-electron chi connectivity index (χ0n) is 11.3. The molecule has 0 aliphatic carbocycles. The van der Waals surface area contributed by atoms with Gasteiger partial charge in [0, 0.05) is 0 Å².